The Labute approximate surface area is 193 Å². The molecule has 2 atom stereocenters. The Morgan fingerprint density at radius 2 is 1.97 bits per heavy atom. The lowest BCUT2D eigenvalue weighted by Crippen LogP contribution is -2.49. The minimum absolute atomic E-state index is 0.114. The largest absolute Gasteiger partial charge is 0.388 e. The van der Waals surface area contributed by atoms with E-state index < -0.39 is 5.60 Å². The molecule has 0 saturated carbocycles. The molecule has 8 heteroatoms. The lowest BCUT2D eigenvalue weighted by Gasteiger charge is -2.38. The standard InChI is InChI=1S/C25H32N4O4/c30-23(7-6-19-4-2-1-3-5-19)27-11-9-25(32,10-12-27)17-29-18-26-22(14-24(29)31)28-15-20-8-13-33-21(20)16-28/h1-5,14,18,20-21,32H,6-13,15-17H2. The van der Waals surface area contributed by atoms with Gasteiger partial charge in [-0.1, -0.05) is 30.3 Å². The second-order valence-corrected chi connectivity index (χ2v) is 9.67. The highest BCUT2D eigenvalue weighted by atomic mass is 16.5. The first kappa shape index (κ1) is 22.1. The van der Waals surface area contributed by atoms with Gasteiger partial charge in [-0.25, -0.2) is 4.98 Å². The van der Waals surface area contributed by atoms with E-state index in [1.165, 1.54) is 4.57 Å². The van der Waals surface area contributed by atoms with Gasteiger partial charge in [-0.15, -0.1) is 0 Å². The average Bonchev–Trinajstić information content (AvgIpc) is 3.43. The van der Waals surface area contributed by atoms with E-state index in [0.717, 1.165) is 38.1 Å². The Morgan fingerprint density at radius 1 is 1.18 bits per heavy atom. The summed E-state index contributed by atoms with van der Waals surface area (Å²) in [7, 11) is 0. The predicted molar refractivity (Wildman–Crippen MR) is 124 cm³/mol. The van der Waals surface area contributed by atoms with E-state index in [2.05, 4.69) is 9.88 Å². The van der Waals surface area contributed by atoms with E-state index in [9.17, 15) is 14.7 Å². The number of ether oxygens (including phenoxy) is 1. The van der Waals surface area contributed by atoms with E-state index in [1.807, 2.05) is 35.2 Å². The van der Waals surface area contributed by atoms with E-state index in [0.29, 0.717) is 44.1 Å². The number of amides is 1. The number of carbonyl (C=O) groups excluding carboxylic acids is 1. The summed E-state index contributed by atoms with van der Waals surface area (Å²) in [5.41, 5.74) is -0.0195. The van der Waals surface area contributed by atoms with Crippen molar-refractivity contribution in [3.63, 3.8) is 0 Å². The second-order valence-electron chi connectivity index (χ2n) is 9.67. The van der Waals surface area contributed by atoms with Gasteiger partial charge in [0, 0.05) is 51.2 Å². The van der Waals surface area contributed by atoms with Gasteiger partial charge in [-0.3, -0.25) is 14.2 Å². The zero-order valence-electron chi connectivity index (χ0n) is 18.9. The molecular formula is C25H32N4O4. The van der Waals surface area contributed by atoms with Gasteiger partial charge in [0.05, 0.1) is 24.6 Å². The number of piperidine rings is 1. The van der Waals surface area contributed by atoms with Crippen molar-refractivity contribution in [3.8, 4) is 0 Å². The fraction of sp³-hybridized carbons (Fsp3) is 0.560. The van der Waals surface area contributed by atoms with Gasteiger partial charge < -0.3 is 19.6 Å². The fourth-order valence-electron chi connectivity index (χ4n) is 5.27. The van der Waals surface area contributed by atoms with E-state index in [4.69, 9.17) is 4.74 Å². The van der Waals surface area contributed by atoms with Gasteiger partial charge in [0.1, 0.15) is 5.82 Å². The SMILES string of the molecule is O=C(CCc1ccccc1)N1CCC(O)(Cn2cnc(N3CC4CCOC4C3)cc2=O)CC1. The van der Waals surface area contributed by atoms with Crippen molar-refractivity contribution in [1.29, 1.82) is 0 Å². The summed E-state index contributed by atoms with van der Waals surface area (Å²) in [5, 5.41) is 11.1. The molecule has 33 heavy (non-hydrogen) atoms. The highest BCUT2D eigenvalue weighted by molar-refractivity contribution is 5.76. The molecule has 176 valence electrons. The first-order valence-electron chi connectivity index (χ1n) is 12.0. The number of rotatable bonds is 6. The Hall–Kier alpha value is -2.71. The van der Waals surface area contributed by atoms with Gasteiger partial charge in [-0.05, 0) is 31.2 Å². The maximum Gasteiger partial charge on any atom is 0.255 e. The molecule has 3 saturated heterocycles. The predicted octanol–water partition coefficient (Wildman–Crippen LogP) is 1.45. The van der Waals surface area contributed by atoms with Gasteiger partial charge in [0.15, 0.2) is 0 Å². The number of fused-ring (bicyclic) bond motifs is 1. The molecule has 3 fully saturated rings. The van der Waals surface area contributed by atoms with Crippen LogP contribution in [0.3, 0.4) is 0 Å². The third-order valence-electron chi connectivity index (χ3n) is 7.37. The Morgan fingerprint density at radius 3 is 2.70 bits per heavy atom. The number of benzene rings is 1. The minimum atomic E-state index is -1.01. The average molecular weight is 453 g/mol. The van der Waals surface area contributed by atoms with Gasteiger partial charge in [0.2, 0.25) is 5.91 Å². The van der Waals surface area contributed by atoms with Crippen LogP contribution in [-0.2, 0) is 22.5 Å². The van der Waals surface area contributed by atoms with Crippen LogP contribution in [0, 0.1) is 5.92 Å². The number of aryl methyl sites for hydroxylation is 1. The lowest BCUT2D eigenvalue weighted by atomic mass is 9.91. The highest BCUT2D eigenvalue weighted by Crippen LogP contribution is 2.31. The Bertz CT molecular complexity index is 1020. The molecule has 0 aliphatic carbocycles. The molecule has 2 aromatic rings. The van der Waals surface area contributed by atoms with Crippen molar-refractivity contribution in [2.75, 3.05) is 37.7 Å². The van der Waals surface area contributed by atoms with Crippen LogP contribution in [0.25, 0.3) is 0 Å². The fourth-order valence-corrected chi connectivity index (χ4v) is 5.27. The third kappa shape index (κ3) is 4.96. The number of anilines is 1. The molecule has 8 nitrogen and oxygen atoms in total. The number of likely N-dealkylation sites (tertiary alicyclic amines) is 1. The molecule has 4 heterocycles. The lowest BCUT2D eigenvalue weighted by molar-refractivity contribution is -0.135. The molecule has 5 rings (SSSR count). The molecular weight excluding hydrogens is 420 g/mol. The first-order valence-corrected chi connectivity index (χ1v) is 12.0. The van der Waals surface area contributed by atoms with E-state index in [1.54, 1.807) is 12.4 Å². The molecule has 2 unspecified atom stereocenters. The molecule has 1 N–H and O–H groups in total. The summed E-state index contributed by atoms with van der Waals surface area (Å²) in [6.45, 7) is 3.67. The van der Waals surface area contributed by atoms with Crippen LogP contribution >= 0.6 is 0 Å². The molecule has 1 aromatic carbocycles. The Balaban J connectivity index is 1.14. The topological polar surface area (TPSA) is 87.9 Å². The van der Waals surface area contributed by atoms with Crippen molar-refractivity contribution < 1.29 is 14.6 Å². The van der Waals surface area contributed by atoms with E-state index >= 15 is 0 Å². The summed E-state index contributed by atoms with van der Waals surface area (Å²) < 4.78 is 7.24. The summed E-state index contributed by atoms with van der Waals surface area (Å²) in [6.07, 6.45) is 4.94. The summed E-state index contributed by atoms with van der Waals surface area (Å²) in [6, 6.07) is 11.6. The number of carbonyl (C=O) groups is 1. The second kappa shape index (κ2) is 9.27. The summed E-state index contributed by atoms with van der Waals surface area (Å²) in [4.78, 5) is 33.8. The zero-order chi connectivity index (χ0) is 22.8. The molecule has 0 spiro atoms. The van der Waals surface area contributed by atoms with Crippen molar-refractivity contribution in [2.24, 2.45) is 5.92 Å². The van der Waals surface area contributed by atoms with Crippen LogP contribution in [0.1, 0.15) is 31.2 Å². The van der Waals surface area contributed by atoms with Crippen LogP contribution in [0.5, 0.6) is 0 Å². The molecule has 0 bridgehead atoms. The van der Waals surface area contributed by atoms with Gasteiger partial charge in [0.25, 0.3) is 5.56 Å². The third-order valence-corrected chi connectivity index (χ3v) is 7.37. The monoisotopic (exact) mass is 452 g/mol. The number of aromatic nitrogens is 2. The molecule has 3 aliphatic heterocycles. The zero-order valence-corrected chi connectivity index (χ0v) is 18.9. The molecule has 0 radical (unpaired) electrons. The molecule has 1 amide bonds. The molecule has 3 aliphatic rings. The van der Waals surface area contributed by atoms with Gasteiger partial charge >= 0.3 is 0 Å². The van der Waals surface area contributed by atoms with Gasteiger partial charge in [-0.2, -0.15) is 0 Å². The highest BCUT2D eigenvalue weighted by Gasteiger charge is 2.38. The van der Waals surface area contributed by atoms with Crippen molar-refractivity contribution in [3.05, 3.63) is 58.6 Å². The molecule has 1 aromatic heterocycles. The first-order chi connectivity index (χ1) is 16.0. The Kier molecular flexibility index (Phi) is 6.21. The maximum absolute atomic E-state index is 12.7. The summed E-state index contributed by atoms with van der Waals surface area (Å²) >= 11 is 0. The van der Waals surface area contributed by atoms with Crippen LogP contribution < -0.4 is 10.5 Å². The smallest absolute Gasteiger partial charge is 0.255 e. The van der Waals surface area contributed by atoms with Crippen molar-refractivity contribution in [2.45, 2.75) is 50.4 Å². The number of hydrogen-bond acceptors (Lipinski definition) is 6. The van der Waals surface area contributed by atoms with E-state index in [-0.39, 0.29) is 24.1 Å². The van der Waals surface area contributed by atoms with Crippen LogP contribution in [-0.4, -0.2) is 70.0 Å². The number of aliphatic hydroxyl groups is 1. The van der Waals surface area contributed by atoms with Crippen molar-refractivity contribution >= 4 is 11.7 Å². The number of nitrogens with zero attached hydrogens (tertiary/aromatic N) is 4. The van der Waals surface area contributed by atoms with Crippen LogP contribution in [0.15, 0.2) is 47.5 Å². The van der Waals surface area contributed by atoms with Crippen LogP contribution in [0.2, 0.25) is 0 Å². The normalized spacial score (nSPS) is 24.2. The quantitative estimate of drug-likeness (QED) is 0.714. The minimum Gasteiger partial charge on any atom is -0.388 e. The van der Waals surface area contributed by atoms with Crippen LogP contribution in [0.4, 0.5) is 5.82 Å². The maximum atomic E-state index is 12.7. The summed E-state index contributed by atoms with van der Waals surface area (Å²) in [5.74, 6) is 1.32. The van der Waals surface area contributed by atoms with Crippen molar-refractivity contribution in [1.82, 2.24) is 14.5 Å². The number of hydrogen-bond donors (Lipinski definition) is 1.